The number of benzene rings is 2. The molecule has 0 unspecified atom stereocenters. The van der Waals surface area contributed by atoms with Crippen LogP contribution in [0.1, 0.15) is 87.9 Å². The first-order valence-electron chi connectivity index (χ1n) is 15.4. The maximum atomic E-state index is 13.0. The molecular formula is C33H39N7O5. The van der Waals surface area contributed by atoms with E-state index in [4.69, 9.17) is 4.52 Å². The lowest BCUT2D eigenvalue weighted by molar-refractivity contribution is -0.130. The van der Waals surface area contributed by atoms with E-state index in [0.717, 1.165) is 28.7 Å². The number of hydrogen-bond acceptors (Lipinski definition) is 8. The van der Waals surface area contributed by atoms with Gasteiger partial charge in [0.05, 0.1) is 24.1 Å². The summed E-state index contributed by atoms with van der Waals surface area (Å²) in [5, 5.41) is 18.1. The van der Waals surface area contributed by atoms with Crippen molar-refractivity contribution >= 4 is 17.7 Å². The van der Waals surface area contributed by atoms with Crippen LogP contribution in [0.2, 0.25) is 0 Å². The van der Waals surface area contributed by atoms with Crippen LogP contribution in [0.4, 0.5) is 0 Å². The monoisotopic (exact) mass is 613 g/mol. The summed E-state index contributed by atoms with van der Waals surface area (Å²) in [6.45, 7) is 4.77. The molecule has 0 saturated carbocycles. The van der Waals surface area contributed by atoms with Crippen LogP contribution in [-0.2, 0) is 23.1 Å². The number of nitriles is 1. The van der Waals surface area contributed by atoms with Gasteiger partial charge in [-0.25, -0.2) is 4.79 Å². The van der Waals surface area contributed by atoms with Gasteiger partial charge in [0.15, 0.2) is 5.82 Å². The quantitative estimate of drug-likeness (QED) is 0.309. The van der Waals surface area contributed by atoms with Crippen LogP contribution >= 0.6 is 0 Å². The van der Waals surface area contributed by atoms with Gasteiger partial charge in [-0.1, -0.05) is 12.1 Å². The summed E-state index contributed by atoms with van der Waals surface area (Å²) in [7, 11) is 3.16. The van der Waals surface area contributed by atoms with Gasteiger partial charge in [-0.2, -0.15) is 15.0 Å². The molecule has 1 aliphatic heterocycles. The molecule has 236 valence electrons. The summed E-state index contributed by atoms with van der Waals surface area (Å²) in [6.07, 6.45) is 3.00. The lowest BCUT2D eigenvalue weighted by atomic mass is 9.69. The van der Waals surface area contributed by atoms with Crippen LogP contribution in [-0.4, -0.2) is 72.1 Å². The molecule has 1 fully saturated rings. The predicted octanol–water partition coefficient (Wildman–Crippen LogP) is 2.06. The first-order chi connectivity index (χ1) is 21.6. The Morgan fingerprint density at radius 1 is 1.04 bits per heavy atom. The van der Waals surface area contributed by atoms with E-state index < -0.39 is 17.2 Å². The zero-order valence-corrected chi connectivity index (χ0v) is 26.1. The summed E-state index contributed by atoms with van der Waals surface area (Å²) >= 11 is 0. The fourth-order valence-electron chi connectivity index (χ4n) is 6.73. The van der Waals surface area contributed by atoms with Gasteiger partial charge in [-0.3, -0.25) is 14.4 Å². The van der Waals surface area contributed by atoms with Crippen molar-refractivity contribution in [1.29, 1.82) is 5.26 Å². The predicted molar refractivity (Wildman–Crippen MR) is 166 cm³/mol. The van der Waals surface area contributed by atoms with Crippen molar-refractivity contribution in [3.63, 3.8) is 0 Å². The van der Waals surface area contributed by atoms with Gasteiger partial charge in [0, 0.05) is 31.8 Å². The third-order valence-corrected chi connectivity index (χ3v) is 8.88. The van der Waals surface area contributed by atoms with Gasteiger partial charge >= 0.3 is 5.76 Å². The number of fused-ring (bicyclic) bond motifs is 2. The Kier molecular flexibility index (Phi) is 9.20. The van der Waals surface area contributed by atoms with E-state index in [2.05, 4.69) is 27.0 Å². The number of nitrogens with one attached hydrogen (secondary N) is 3. The number of likely N-dealkylation sites (tertiary alicyclic amines) is 1. The molecule has 12 nitrogen and oxygen atoms in total. The van der Waals surface area contributed by atoms with Crippen molar-refractivity contribution in [2.24, 2.45) is 0 Å². The minimum atomic E-state index is -1.04. The second-order valence-electron chi connectivity index (χ2n) is 11.8. The van der Waals surface area contributed by atoms with Crippen molar-refractivity contribution in [3.8, 4) is 6.07 Å². The fourth-order valence-corrected chi connectivity index (χ4v) is 6.73. The highest BCUT2D eigenvalue weighted by Gasteiger charge is 2.46. The second kappa shape index (κ2) is 13.1. The molecule has 0 spiro atoms. The van der Waals surface area contributed by atoms with Gasteiger partial charge in [-0.05, 0) is 99.0 Å². The smallest absolute Gasteiger partial charge is 0.355 e. The Hall–Kier alpha value is -4.76. The molecule has 3 aromatic rings. The normalized spacial score (nSPS) is 16.8. The Morgan fingerprint density at radius 2 is 1.64 bits per heavy atom. The summed E-state index contributed by atoms with van der Waals surface area (Å²) in [6, 6.07) is 12.7. The molecule has 2 aromatic carbocycles. The standard InChI is InChI=1S/C33H39N7O5/c1-20(2)40-31(38-32(44)45-40)33(13-14-37-19-28(41)39-15-5-6-25(39)18-34)26-11-9-23(29(42)35-3)16-21(26)7-8-22-17-24(30(43)36-4)10-12-27(22)33/h9-12,16-17,20,25,37H,5-8,13-15,19H2,1-4H3,(H,35,42)(H,36,43)/t25-/m0/s1. The van der Waals surface area contributed by atoms with Crippen molar-refractivity contribution < 1.29 is 18.9 Å². The molecule has 1 aliphatic carbocycles. The molecule has 5 rings (SSSR count). The number of amides is 3. The first-order valence-corrected chi connectivity index (χ1v) is 15.4. The van der Waals surface area contributed by atoms with Gasteiger partial charge in [0.1, 0.15) is 6.04 Å². The molecule has 3 N–H and O–H groups in total. The summed E-state index contributed by atoms with van der Waals surface area (Å²) in [4.78, 5) is 57.3. The Labute approximate surface area is 261 Å². The van der Waals surface area contributed by atoms with E-state index in [-0.39, 0.29) is 30.3 Å². The van der Waals surface area contributed by atoms with E-state index in [0.29, 0.717) is 55.7 Å². The highest BCUT2D eigenvalue weighted by atomic mass is 16.5. The summed E-state index contributed by atoms with van der Waals surface area (Å²) in [5.74, 6) is -0.893. The molecule has 2 aliphatic rings. The van der Waals surface area contributed by atoms with E-state index in [1.54, 1.807) is 31.1 Å². The van der Waals surface area contributed by atoms with Gasteiger partial charge in [-0.15, -0.1) is 0 Å². The first kappa shape index (κ1) is 31.7. The number of carbonyl (C=O) groups excluding carboxylic acids is 3. The molecule has 45 heavy (non-hydrogen) atoms. The van der Waals surface area contributed by atoms with Crippen LogP contribution in [0.15, 0.2) is 45.7 Å². The summed E-state index contributed by atoms with van der Waals surface area (Å²) in [5.41, 5.74) is 3.51. The molecule has 3 amide bonds. The molecule has 0 radical (unpaired) electrons. The maximum absolute atomic E-state index is 13.0. The molecule has 1 atom stereocenters. The maximum Gasteiger partial charge on any atom is 0.459 e. The molecule has 12 heteroatoms. The van der Waals surface area contributed by atoms with E-state index >= 15 is 0 Å². The van der Waals surface area contributed by atoms with Crippen LogP contribution in [0.25, 0.3) is 0 Å². The number of aryl methyl sites for hydroxylation is 2. The largest absolute Gasteiger partial charge is 0.459 e. The van der Waals surface area contributed by atoms with Gasteiger partial charge in [0.2, 0.25) is 5.91 Å². The van der Waals surface area contributed by atoms with E-state index in [1.165, 1.54) is 4.74 Å². The Balaban J connectivity index is 1.66. The molecule has 1 aromatic heterocycles. The molecule has 1 saturated heterocycles. The second-order valence-corrected chi connectivity index (χ2v) is 11.8. The van der Waals surface area contributed by atoms with E-state index in [1.807, 2.05) is 38.1 Å². The van der Waals surface area contributed by atoms with Crippen LogP contribution in [0.3, 0.4) is 0 Å². The van der Waals surface area contributed by atoms with Crippen LogP contribution in [0, 0.1) is 11.3 Å². The fraction of sp³-hybridized carbons (Fsp3) is 0.455. The average molecular weight is 614 g/mol. The number of aromatic nitrogens is 2. The van der Waals surface area contributed by atoms with Gasteiger partial charge in [0.25, 0.3) is 11.8 Å². The number of hydrogen-bond donors (Lipinski definition) is 3. The van der Waals surface area contributed by atoms with Crippen LogP contribution < -0.4 is 21.7 Å². The van der Waals surface area contributed by atoms with Gasteiger partial charge < -0.3 is 25.4 Å². The lowest BCUT2D eigenvalue weighted by Gasteiger charge is -2.36. The van der Waals surface area contributed by atoms with Crippen molar-refractivity contribution in [3.05, 3.63) is 86.2 Å². The topological polar surface area (TPSA) is 162 Å². The summed E-state index contributed by atoms with van der Waals surface area (Å²) < 4.78 is 7.17. The number of carbonyl (C=O) groups is 3. The zero-order valence-electron chi connectivity index (χ0n) is 26.1. The molecule has 2 heterocycles. The van der Waals surface area contributed by atoms with Crippen molar-refractivity contribution in [2.75, 3.05) is 33.7 Å². The van der Waals surface area contributed by atoms with Crippen molar-refractivity contribution in [1.82, 2.24) is 30.6 Å². The third kappa shape index (κ3) is 5.88. The number of nitrogens with zero attached hydrogens (tertiary/aromatic N) is 4. The molecular weight excluding hydrogens is 574 g/mol. The van der Waals surface area contributed by atoms with Crippen molar-refractivity contribution in [2.45, 2.75) is 63.5 Å². The highest BCUT2D eigenvalue weighted by molar-refractivity contribution is 5.95. The SMILES string of the molecule is CNC(=O)c1ccc2c(c1)CCc1cc(C(=O)NC)ccc1C2(CCNCC(=O)N1CCC[C@H]1C#N)c1nc(=O)on1C(C)C. The lowest BCUT2D eigenvalue weighted by Crippen LogP contribution is -2.42. The Morgan fingerprint density at radius 3 is 2.18 bits per heavy atom. The number of rotatable bonds is 9. The molecule has 0 bridgehead atoms. The third-order valence-electron chi connectivity index (χ3n) is 8.88. The minimum Gasteiger partial charge on any atom is -0.355 e. The average Bonchev–Trinajstić information content (AvgIpc) is 3.67. The Bertz CT molecular complexity index is 1650. The van der Waals surface area contributed by atoms with Crippen LogP contribution in [0.5, 0.6) is 0 Å². The van der Waals surface area contributed by atoms with E-state index in [9.17, 15) is 24.4 Å². The zero-order chi connectivity index (χ0) is 32.3. The highest BCUT2D eigenvalue weighted by Crippen LogP contribution is 2.47. The minimum absolute atomic E-state index is 0.0506.